The Morgan fingerprint density at radius 3 is 0.661 bits per heavy atom. The molecule has 0 aliphatic rings. The first-order valence-electron chi connectivity index (χ1n) is 51.4. The van der Waals surface area contributed by atoms with Gasteiger partial charge in [-0.1, -0.05) is 435 Å². The number of ether oxygens (including phenoxy) is 3. The average molecular weight is 1820 g/mol. The second kappa shape index (κ2) is 99.9. The molecule has 0 spiro atoms. The van der Waals surface area contributed by atoms with Gasteiger partial charge in [0.05, 0.1) is 26.4 Å². The minimum absolute atomic E-state index is 0.0937. The molecule has 5 atom stereocenters. The van der Waals surface area contributed by atoms with Gasteiger partial charge in [0.25, 0.3) is 0 Å². The third kappa shape index (κ3) is 101. The first-order valence-corrected chi connectivity index (χ1v) is 54.4. The number of phosphoric acid groups is 2. The maximum absolute atomic E-state index is 13.1. The van der Waals surface area contributed by atoms with E-state index in [1.54, 1.807) is 0 Å². The van der Waals surface area contributed by atoms with E-state index < -0.39 is 91.5 Å². The molecule has 0 saturated carbocycles. The van der Waals surface area contributed by atoms with E-state index in [1.165, 1.54) is 225 Å². The number of allylic oxidation sites excluding steroid dienone is 28. The minimum atomic E-state index is -4.95. The molecular weight excluding hydrogens is 1630 g/mol. The summed E-state index contributed by atoms with van der Waals surface area (Å²) in [7, 11) is -9.82. The van der Waals surface area contributed by atoms with Crippen LogP contribution in [-0.4, -0.2) is 95.9 Å². The number of rotatable bonds is 97. The van der Waals surface area contributed by atoms with E-state index in [9.17, 15) is 43.5 Å². The number of aliphatic hydroxyl groups is 2. The van der Waals surface area contributed by atoms with Gasteiger partial charge in [-0.3, -0.25) is 32.5 Å². The summed E-state index contributed by atoms with van der Waals surface area (Å²) in [6.45, 7) is 2.58. The summed E-state index contributed by atoms with van der Waals surface area (Å²) in [5.74, 6) is -1.57. The SMILES string of the molecule is CC/C=C\C/C=C\C/C=C\C/C=C\C/C=C\C/C=C\CCCCCCCCCCCCCCC(=O)OCC(COP(=O)(O)OCC(O)COP(=O)(O)OCC(O)COC(=O)CCCCCCCCCCCCCCCCCCCCC/C=C\C/C=C\C/C=C\C/C=C\CCCCC)OC(=O)CCCCCCCCCCC/C=C\C/C=C\C/C=C\C/C=C\CCCCC. The summed E-state index contributed by atoms with van der Waals surface area (Å²) in [6.07, 6.45) is 131. The lowest BCUT2D eigenvalue weighted by Crippen LogP contribution is -2.30. The van der Waals surface area contributed by atoms with E-state index in [1.807, 2.05) is 0 Å². The monoisotopic (exact) mass is 1820 g/mol. The Labute approximate surface area is 777 Å². The van der Waals surface area contributed by atoms with Crippen LogP contribution in [0.1, 0.15) is 445 Å². The van der Waals surface area contributed by atoms with E-state index in [0.29, 0.717) is 19.3 Å². The molecule has 0 rings (SSSR count). The molecule has 0 bridgehead atoms. The summed E-state index contributed by atoms with van der Waals surface area (Å²) in [6, 6.07) is 0. The predicted octanol–water partition coefficient (Wildman–Crippen LogP) is 32.6. The van der Waals surface area contributed by atoms with Gasteiger partial charge in [-0.2, -0.15) is 0 Å². The molecule has 0 radical (unpaired) electrons. The molecule has 16 nitrogen and oxygen atoms in total. The summed E-state index contributed by atoms with van der Waals surface area (Å²) in [4.78, 5) is 59.2. The highest BCUT2D eigenvalue weighted by Gasteiger charge is 2.30. The van der Waals surface area contributed by atoms with Crippen LogP contribution in [0.15, 0.2) is 170 Å². The van der Waals surface area contributed by atoms with E-state index in [4.69, 9.17) is 32.3 Å². The number of unbranched alkanes of at least 4 members (excludes halogenated alkanes) is 46. The van der Waals surface area contributed by atoms with Crippen molar-refractivity contribution in [2.45, 2.75) is 463 Å². The van der Waals surface area contributed by atoms with Gasteiger partial charge >= 0.3 is 33.6 Å². The lowest BCUT2D eigenvalue weighted by molar-refractivity contribution is -0.161. The van der Waals surface area contributed by atoms with Gasteiger partial charge in [0, 0.05) is 19.3 Å². The number of hydrogen-bond acceptors (Lipinski definition) is 14. The van der Waals surface area contributed by atoms with Crippen molar-refractivity contribution in [2.75, 3.05) is 39.6 Å². The normalized spacial score (nSPS) is 14.4. The lowest BCUT2D eigenvalue weighted by atomic mass is 10.0. The summed E-state index contributed by atoms with van der Waals surface area (Å²) >= 11 is 0. The molecule has 18 heteroatoms. The summed E-state index contributed by atoms with van der Waals surface area (Å²) < 4.78 is 61.7. The zero-order valence-corrected chi connectivity index (χ0v) is 82.7. The van der Waals surface area contributed by atoms with Crippen LogP contribution >= 0.6 is 15.6 Å². The van der Waals surface area contributed by atoms with Crippen molar-refractivity contribution in [3.8, 4) is 0 Å². The third-order valence-electron chi connectivity index (χ3n) is 21.9. The zero-order chi connectivity index (χ0) is 92.1. The molecular formula is C109H188O16P2. The van der Waals surface area contributed by atoms with Crippen LogP contribution < -0.4 is 0 Å². The Hall–Kier alpha value is -5.09. The van der Waals surface area contributed by atoms with Gasteiger partial charge in [-0.15, -0.1) is 0 Å². The van der Waals surface area contributed by atoms with Crippen LogP contribution in [0, 0.1) is 0 Å². The number of carbonyl (C=O) groups excluding carboxylic acids is 3. The standard InChI is InChI=1S/C109H188O16P2/c1-4-7-10-13-16-19-22-25-28-31-34-37-40-43-45-47-49-50-51-52-54-56-57-60-62-65-68-71-74-77-80-83-86-89-92-95-107(112)119-98-104(110)99-121-126(115,116)122-100-105(111)101-123-127(117,118)124-103-106(125-109(114)97-94-91-88-85-82-79-76-73-70-67-64-59-42-39-36-33-30-27-24-21-18-15-12-9-6-3)102-120-108(113)96-93-90-87-84-81-78-75-72-69-66-63-61-58-55-53-48-46-44-41-38-35-32-29-26-23-20-17-14-11-8-5-2/h8,11,16-21,25-30,34-39,43-46,53,55,59,64,104-106,110-111H,4-7,9-10,12-15,22-24,31-33,40-42,47-52,54,56-58,60-63,65-103H2,1-3H3,(H,115,116)(H,117,118)/b11-8-,19-16-,20-17-,21-18-,28-25-,29-26-,30-27-,37-34-,38-35-,39-36-,45-43-,46-44-,55-53-,64-59-. The number of carbonyl (C=O) groups is 3. The van der Waals surface area contributed by atoms with Gasteiger partial charge in [0.1, 0.15) is 25.4 Å². The molecule has 730 valence electrons. The molecule has 5 unspecified atom stereocenters. The van der Waals surface area contributed by atoms with Gasteiger partial charge in [0.15, 0.2) is 6.10 Å². The number of esters is 3. The van der Waals surface area contributed by atoms with Gasteiger partial charge < -0.3 is 34.2 Å². The second-order valence-electron chi connectivity index (χ2n) is 34.3. The smallest absolute Gasteiger partial charge is 0.463 e. The van der Waals surface area contributed by atoms with Crippen LogP contribution in [0.4, 0.5) is 0 Å². The molecule has 0 fully saturated rings. The van der Waals surface area contributed by atoms with Gasteiger partial charge in [-0.05, 0) is 161 Å². The van der Waals surface area contributed by atoms with Crippen LogP contribution in [0.25, 0.3) is 0 Å². The first kappa shape index (κ1) is 122. The van der Waals surface area contributed by atoms with Crippen LogP contribution in [0.3, 0.4) is 0 Å². The van der Waals surface area contributed by atoms with E-state index in [0.717, 1.165) is 161 Å². The maximum Gasteiger partial charge on any atom is 0.472 e. The minimum Gasteiger partial charge on any atom is -0.463 e. The van der Waals surface area contributed by atoms with Crippen LogP contribution in [0.2, 0.25) is 0 Å². The van der Waals surface area contributed by atoms with Crippen molar-refractivity contribution in [3.63, 3.8) is 0 Å². The Morgan fingerprint density at radius 2 is 0.417 bits per heavy atom. The molecule has 0 saturated heterocycles. The lowest BCUT2D eigenvalue weighted by Gasteiger charge is -2.21. The Bertz CT molecular complexity index is 2990. The van der Waals surface area contributed by atoms with Crippen molar-refractivity contribution < 1.29 is 75.8 Å². The van der Waals surface area contributed by atoms with Crippen molar-refractivity contribution >= 4 is 33.6 Å². The first-order chi connectivity index (χ1) is 62.2. The summed E-state index contributed by atoms with van der Waals surface area (Å²) in [5.41, 5.74) is 0. The van der Waals surface area contributed by atoms with E-state index >= 15 is 0 Å². The fourth-order valence-corrected chi connectivity index (χ4v) is 15.7. The number of hydrogen-bond donors (Lipinski definition) is 4. The second-order valence-corrected chi connectivity index (χ2v) is 37.2. The Kier molecular flexibility index (Phi) is 95.9. The highest BCUT2D eigenvalue weighted by Crippen LogP contribution is 2.45. The fourth-order valence-electron chi connectivity index (χ4n) is 14.1. The average Bonchev–Trinajstić information content (AvgIpc) is 0.898. The molecule has 0 heterocycles. The Balaban J connectivity index is 4.58. The van der Waals surface area contributed by atoms with Crippen molar-refractivity contribution in [1.82, 2.24) is 0 Å². The molecule has 0 aromatic carbocycles. The molecule has 0 aromatic rings. The van der Waals surface area contributed by atoms with Crippen LogP contribution in [0.5, 0.6) is 0 Å². The maximum atomic E-state index is 13.1. The molecule has 0 aliphatic carbocycles. The van der Waals surface area contributed by atoms with Gasteiger partial charge in [0.2, 0.25) is 0 Å². The van der Waals surface area contributed by atoms with E-state index in [-0.39, 0.29) is 19.3 Å². The highest BCUT2D eigenvalue weighted by atomic mass is 31.2. The highest BCUT2D eigenvalue weighted by molar-refractivity contribution is 7.47. The van der Waals surface area contributed by atoms with Crippen LogP contribution in [-0.2, 0) is 55.8 Å². The number of aliphatic hydroxyl groups excluding tert-OH is 2. The largest absolute Gasteiger partial charge is 0.472 e. The number of phosphoric ester groups is 2. The zero-order valence-electron chi connectivity index (χ0n) is 80.9. The molecule has 0 aromatic heterocycles. The molecule has 127 heavy (non-hydrogen) atoms. The fraction of sp³-hybridized carbons (Fsp3) is 0.716. The molecule has 4 N–H and O–H groups in total. The van der Waals surface area contributed by atoms with Gasteiger partial charge in [-0.25, -0.2) is 9.13 Å². The topological polar surface area (TPSA) is 231 Å². The molecule has 0 amide bonds. The Morgan fingerprint density at radius 1 is 0.228 bits per heavy atom. The van der Waals surface area contributed by atoms with Crippen molar-refractivity contribution in [2.24, 2.45) is 0 Å². The summed E-state index contributed by atoms with van der Waals surface area (Å²) in [5, 5.41) is 20.8. The third-order valence-corrected chi connectivity index (χ3v) is 23.8. The predicted molar refractivity (Wildman–Crippen MR) is 537 cm³/mol. The van der Waals surface area contributed by atoms with Crippen molar-refractivity contribution in [3.05, 3.63) is 170 Å². The van der Waals surface area contributed by atoms with E-state index in [2.05, 4.69) is 191 Å². The van der Waals surface area contributed by atoms with Crippen molar-refractivity contribution in [1.29, 1.82) is 0 Å². The molecule has 0 aliphatic heterocycles. The quantitative estimate of drug-likeness (QED) is 0.0146.